The van der Waals surface area contributed by atoms with Crippen LogP contribution in [-0.4, -0.2) is 15.3 Å². The van der Waals surface area contributed by atoms with Gasteiger partial charge in [-0.3, -0.25) is 4.98 Å². The van der Waals surface area contributed by atoms with Gasteiger partial charge in [-0.2, -0.15) is 0 Å². The highest BCUT2D eigenvalue weighted by Crippen LogP contribution is 2.65. The van der Waals surface area contributed by atoms with E-state index < -0.39 is 0 Å². The summed E-state index contributed by atoms with van der Waals surface area (Å²) in [6, 6.07) is 6.12. The first-order valence-corrected chi connectivity index (χ1v) is 8.42. The molecule has 1 aromatic rings. The lowest BCUT2D eigenvalue weighted by Gasteiger charge is -2.43. The third kappa shape index (κ3) is 4.73. The maximum Gasteiger partial charge on any atom is 0.0632 e. The van der Waals surface area contributed by atoms with Crippen LogP contribution in [-0.2, 0) is 0 Å². The largest absolute Gasteiger partial charge is 0.257 e. The molecule has 0 amide bonds. The van der Waals surface area contributed by atoms with E-state index in [4.69, 9.17) is 0 Å². The summed E-state index contributed by atoms with van der Waals surface area (Å²) in [4.78, 5) is 4.45. The van der Waals surface area contributed by atoms with Crippen molar-refractivity contribution in [3.05, 3.63) is 35.4 Å². The van der Waals surface area contributed by atoms with Crippen LogP contribution >= 0.6 is 7.92 Å². The Morgan fingerprint density at radius 2 is 1.68 bits per heavy atom. The van der Waals surface area contributed by atoms with Gasteiger partial charge in [-0.1, -0.05) is 62.5 Å². The zero-order valence-electron chi connectivity index (χ0n) is 13.5. The molecule has 0 aromatic carbocycles. The standard InChI is InChI=1S/C17H28NP/c1-8-15(13-14-11-9-10-12-18-14)19(16(2,3)4)17(5,6)7/h9-13H,8H2,1-7H3/b15-13+. The van der Waals surface area contributed by atoms with E-state index in [0.29, 0.717) is 10.3 Å². The average molecular weight is 277 g/mol. The van der Waals surface area contributed by atoms with Gasteiger partial charge in [0.1, 0.15) is 0 Å². The topological polar surface area (TPSA) is 12.9 Å². The molecule has 1 nitrogen and oxygen atoms in total. The highest BCUT2D eigenvalue weighted by Gasteiger charge is 2.36. The van der Waals surface area contributed by atoms with Crippen LogP contribution in [0.15, 0.2) is 29.7 Å². The fourth-order valence-electron chi connectivity index (χ4n) is 2.82. The minimum absolute atomic E-state index is 0.209. The summed E-state index contributed by atoms with van der Waals surface area (Å²) < 4.78 is 0. The monoisotopic (exact) mass is 277 g/mol. The molecule has 0 atom stereocenters. The predicted octanol–water partition coefficient (Wildman–Crippen LogP) is 5.91. The summed E-state index contributed by atoms with van der Waals surface area (Å²) in [6.07, 6.45) is 5.29. The van der Waals surface area contributed by atoms with E-state index in [9.17, 15) is 0 Å². The molecule has 2 heteroatoms. The number of aromatic nitrogens is 1. The second kappa shape index (κ2) is 6.18. The van der Waals surface area contributed by atoms with E-state index >= 15 is 0 Å². The lowest BCUT2D eigenvalue weighted by molar-refractivity contribution is 0.709. The summed E-state index contributed by atoms with van der Waals surface area (Å²) in [5.41, 5.74) is 1.08. The Kier molecular flexibility index (Phi) is 5.33. The smallest absolute Gasteiger partial charge is 0.0632 e. The minimum atomic E-state index is -0.209. The highest BCUT2D eigenvalue weighted by atomic mass is 31.1. The fraction of sp³-hybridized carbons (Fsp3) is 0.588. The highest BCUT2D eigenvalue weighted by molar-refractivity contribution is 7.65. The molecule has 0 bridgehead atoms. The maximum absolute atomic E-state index is 4.45. The van der Waals surface area contributed by atoms with Crippen molar-refractivity contribution in [2.24, 2.45) is 0 Å². The molecule has 0 fully saturated rings. The van der Waals surface area contributed by atoms with Crippen molar-refractivity contribution in [1.29, 1.82) is 0 Å². The maximum atomic E-state index is 4.45. The number of pyridine rings is 1. The molecule has 1 aromatic heterocycles. The SMILES string of the molecule is CC/C(=C\c1ccccn1)P(C(C)(C)C)C(C)(C)C. The van der Waals surface area contributed by atoms with Crippen LogP contribution in [0, 0.1) is 0 Å². The molecule has 1 heterocycles. The van der Waals surface area contributed by atoms with Crippen molar-refractivity contribution in [3.8, 4) is 0 Å². The van der Waals surface area contributed by atoms with Gasteiger partial charge in [0.05, 0.1) is 5.69 Å². The van der Waals surface area contributed by atoms with Crippen LogP contribution in [0.3, 0.4) is 0 Å². The van der Waals surface area contributed by atoms with Crippen molar-refractivity contribution >= 4 is 14.0 Å². The molecule has 0 aliphatic carbocycles. The predicted molar refractivity (Wildman–Crippen MR) is 88.9 cm³/mol. The van der Waals surface area contributed by atoms with E-state index in [-0.39, 0.29) is 7.92 Å². The van der Waals surface area contributed by atoms with Crippen LogP contribution in [0.4, 0.5) is 0 Å². The minimum Gasteiger partial charge on any atom is -0.257 e. The van der Waals surface area contributed by atoms with Crippen LogP contribution in [0.5, 0.6) is 0 Å². The Labute approximate surface area is 120 Å². The lowest BCUT2D eigenvalue weighted by Crippen LogP contribution is -2.25. The molecule has 106 valence electrons. The fourth-order valence-corrected chi connectivity index (χ4v) is 7.14. The zero-order valence-corrected chi connectivity index (χ0v) is 14.4. The summed E-state index contributed by atoms with van der Waals surface area (Å²) in [5.74, 6) is 0. The molecular formula is C17H28NP. The molecule has 0 saturated carbocycles. The van der Waals surface area contributed by atoms with Crippen LogP contribution in [0.1, 0.15) is 60.6 Å². The van der Waals surface area contributed by atoms with Gasteiger partial charge in [-0.15, -0.1) is 0 Å². The molecule has 0 saturated heterocycles. The van der Waals surface area contributed by atoms with Crippen LogP contribution < -0.4 is 0 Å². The quantitative estimate of drug-likeness (QED) is 0.626. The molecule has 0 spiro atoms. The van der Waals surface area contributed by atoms with Gasteiger partial charge >= 0.3 is 0 Å². The molecule has 19 heavy (non-hydrogen) atoms. The average Bonchev–Trinajstić information content (AvgIpc) is 2.25. The van der Waals surface area contributed by atoms with E-state index in [2.05, 4.69) is 71.7 Å². The number of nitrogens with zero attached hydrogens (tertiary/aromatic N) is 1. The van der Waals surface area contributed by atoms with Gasteiger partial charge in [-0.25, -0.2) is 0 Å². The van der Waals surface area contributed by atoms with Gasteiger partial charge in [-0.05, 0) is 40.3 Å². The van der Waals surface area contributed by atoms with E-state index in [1.165, 1.54) is 0 Å². The third-order valence-corrected chi connectivity index (χ3v) is 6.70. The number of hydrogen-bond donors (Lipinski definition) is 0. The molecule has 0 aliphatic rings. The van der Waals surface area contributed by atoms with E-state index in [1.54, 1.807) is 5.31 Å². The number of hydrogen-bond acceptors (Lipinski definition) is 1. The number of allylic oxidation sites excluding steroid dienone is 1. The normalized spacial score (nSPS) is 14.0. The third-order valence-electron chi connectivity index (χ3n) is 2.99. The lowest BCUT2D eigenvalue weighted by atomic mass is 10.2. The first-order chi connectivity index (χ1) is 8.66. The Bertz CT molecular complexity index is 407. The summed E-state index contributed by atoms with van der Waals surface area (Å²) in [5, 5.41) is 2.21. The Hall–Kier alpha value is -0.680. The molecule has 0 unspecified atom stereocenters. The summed E-state index contributed by atoms with van der Waals surface area (Å²) in [6.45, 7) is 16.5. The van der Waals surface area contributed by atoms with Crippen molar-refractivity contribution in [2.75, 3.05) is 0 Å². The van der Waals surface area contributed by atoms with Crippen molar-refractivity contribution in [2.45, 2.75) is 65.2 Å². The first-order valence-electron chi connectivity index (χ1n) is 7.08. The molecule has 1 rings (SSSR count). The van der Waals surface area contributed by atoms with Crippen molar-refractivity contribution in [3.63, 3.8) is 0 Å². The van der Waals surface area contributed by atoms with Gasteiger partial charge in [0.25, 0.3) is 0 Å². The molecule has 0 radical (unpaired) electrons. The van der Waals surface area contributed by atoms with Crippen LogP contribution in [0.2, 0.25) is 0 Å². The van der Waals surface area contributed by atoms with Gasteiger partial charge in [0, 0.05) is 6.20 Å². The Morgan fingerprint density at radius 1 is 1.11 bits per heavy atom. The van der Waals surface area contributed by atoms with Crippen molar-refractivity contribution in [1.82, 2.24) is 4.98 Å². The molecule has 0 N–H and O–H groups in total. The second-order valence-corrected chi connectivity index (χ2v) is 10.8. The second-order valence-electron chi connectivity index (χ2n) is 6.92. The molecular weight excluding hydrogens is 249 g/mol. The van der Waals surface area contributed by atoms with Crippen molar-refractivity contribution < 1.29 is 0 Å². The van der Waals surface area contributed by atoms with E-state index in [0.717, 1.165) is 12.1 Å². The van der Waals surface area contributed by atoms with Gasteiger partial charge in [0.2, 0.25) is 0 Å². The Morgan fingerprint density at radius 3 is 2.05 bits per heavy atom. The van der Waals surface area contributed by atoms with E-state index in [1.807, 2.05) is 12.3 Å². The number of rotatable bonds is 3. The van der Waals surface area contributed by atoms with Gasteiger partial charge < -0.3 is 0 Å². The van der Waals surface area contributed by atoms with Crippen LogP contribution in [0.25, 0.3) is 6.08 Å². The summed E-state index contributed by atoms with van der Waals surface area (Å²) in [7, 11) is -0.209. The van der Waals surface area contributed by atoms with Gasteiger partial charge in [0.15, 0.2) is 0 Å². The summed E-state index contributed by atoms with van der Waals surface area (Å²) >= 11 is 0. The molecule has 0 aliphatic heterocycles. The first kappa shape index (κ1) is 16.4. The zero-order chi connectivity index (χ0) is 14.7. The Balaban J connectivity index is 3.22.